The second-order valence-corrected chi connectivity index (χ2v) is 3.22. The normalized spacial score (nSPS) is 21.5. The monoisotopic (exact) mass is 213 g/mol. The maximum atomic E-state index is 10.5. The van der Waals surface area contributed by atoms with Crippen LogP contribution in [-0.2, 0) is 11.2 Å². The third-order valence-electron chi connectivity index (χ3n) is 2.07. The first kappa shape index (κ1) is 10.1. The quantitative estimate of drug-likeness (QED) is 0.685. The zero-order valence-electron chi connectivity index (χ0n) is 7.97. The summed E-state index contributed by atoms with van der Waals surface area (Å²) < 4.78 is 10.2. The average molecular weight is 213 g/mol. The van der Waals surface area contributed by atoms with Gasteiger partial charge in [-0.2, -0.15) is 4.98 Å². The maximum absolute atomic E-state index is 10.5. The number of nitrogens with one attached hydrogen (secondary N) is 1. The van der Waals surface area contributed by atoms with Crippen molar-refractivity contribution in [2.75, 3.05) is 19.7 Å². The molecule has 15 heavy (non-hydrogen) atoms. The summed E-state index contributed by atoms with van der Waals surface area (Å²) in [6, 6.07) is 0. The van der Waals surface area contributed by atoms with Crippen LogP contribution in [0.15, 0.2) is 4.52 Å². The molecule has 1 fully saturated rings. The number of carboxylic acid groups (broad SMARTS) is 1. The van der Waals surface area contributed by atoms with E-state index in [-0.39, 0.29) is 11.9 Å². The van der Waals surface area contributed by atoms with Gasteiger partial charge in [0.1, 0.15) is 0 Å². The summed E-state index contributed by atoms with van der Waals surface area (Å²) >= 11 is 0. The Bertz CT molecular complexity index is 345. The van der Waals surface area contributed by atoms with Gasteiger partial charge in [0.2, 0.25) is 5.89 Å². The molecule has 7 nitrogen and oxygen atoms in total. The smallest absolute Gasteiger partial charge is 0.377 e. The lowest BCUT2D eigenvalue weighted by atomic mass is 10.2. The lowest BCUT2D eigenvalue weighted by Gasteiger charge is -2.21. The van der Waals surface area contributed by atoms with Gasteiger partial charge in [0.05, 0.1) is 19.1 Å². The molecule has 0 aliphatic carbocycles. The highest BCUT2D eigenvalue weighted by Gasteiger charge is 2.19. The van der Waals surface area contributed by atoms with Crippen LogP contribution >= 0.6 is 0 Å². The molecule has 1 aromatic rings. The number of aromatic carboxylic acids is 1. The molecular weight excluding hydrogens is 202 g/mol. The lowest BCUT2D eigenvalue weighted by molar-refractivity contribution is 0.0246. The largest absolute Gasteiger partial charge is 0.475 e. The van der Waals surface area contributed by atoms with Gasteiger partial charge in [0, 0.05) is 13.1 Å². The molecular formula is C8H11N3O4. The minimum absolute atomic E-state index is 0.0270. The van der Waals surface area contributed by atoms with Crippen LogP contribution in [0.25, 0.3) is 0 Å². The van der Waals surface area contributed by atoms with Crippen molar-refractivity contribution in [1.82, 2.24) is 15.5 Å². The van der Waals surface area contributed by atoms with Crippen molar-refractivity contribution < 1.29 is 19.2 Å². The minimum Gasteiger partial charge on any atom is -0.475 e. The first-order valence-corrected chi connectivity index (χ1v) is 4.64. The van der Waals surface area contributed by atoms with E-state index >= 15 is 0 Å². The molecule has 1 aliphatic rings. The Hall–Kier alpha value is -1.47. The summed E-state index contributed by atoms with van der Waals surface area (Å²) in [5.41, 5.74) is 0. The number of hydrogen-bond acceptors (Lipinski definition) is 6. The van der Waals surface area contributed by atoms with Crippen LogP contribution in [0.3, 0.4) is 0 Å². The summed E-state index contributed by atoms with van der Waals surface area (Å²) in [5, 5.41) is 15.0. The van der Waals surface area contributed by atoms with Gasteiger partial charge in [0.25, 0.3) is 5.82 Å². The standard InChI is InChI=1S/C8H11N3O4/c12-8(13)7-10-6(15-11-7)3-5-4-9-1-2-14-5/h5,9H,1-4H2,(H,12,13). The fraction of sp³-hybridized carbons (Fsp3) is 0.625. The van der Waals surface area contributed by atoms with Crippen LogP contribution in [0.1, 0.15) is 16.5 Å². The minimum atomic E-state index is -1.19. The van der Waals surface area contributed by atoms with Crippen molar-refractivity contribution in [1.29, 1.82) is 0 Å². The fourth-order valence-corrected chi connectivity index (χ4v) is 1.37. The van der Waals surface area contributed by atoms with Crippen molar-refractivity contribution in [2.45, 2.75) is 12.5 Å². The van der Waals surface area contributed by atoms with Crippen LogP contribution in [0, 0.1) is 0 Å². The summed E-state index contributed by atoms with van der Waals surface area (Å²) in [6.45, 7) is 2.19. The number of nitrogens with zero attached hydrogens (tertiary/aromatic N) is 2. The van der Waals surface area contributed by atoms with Gasteiger partial charge in [-0.25, -0.2) is 4.79 Å². The molecule has 0 bridgehead atoms. The Balaban J connectivity index is 1.94. The summed E-state index contributed by atoms with van der Waals surface area (Å²) in [5.74, 6) is -1.21. The Kier molecular flexibility index (Phi) is 2.93. The molecule has 1 aromatic heterocycles. The van der Waals surface area contributed by atoms with Gasteiger partial charge in [-0.15, -0.1) is 0 Å². The number of hydrogen-bond donors (Lipinski definition) is 2. The van der Waals surface area contributed by atoms with E-state index in [1.165, 1.54) is 0 Å². The van der Waals surface area contributed by atoms with Crippen molar-refractivity contribution in [3.63, 3.8) is 0 Å². The van der Waals surface area contributed by atoms with E-state index in [9.17, 15) is 4.79 Å². The molecule has 0 spiro atoms. The van der Waals surface area contributed by atoms with E-state index in [0.717, 1.165) is 6.54 Å². The molecule has 0 aromatic carbocycles. The van der Waals surface area contributed by atoms with Crippen molar-refractivity contribution in [3.8, 4) is 0 Å². The SMILES string of the molecule is O=C(O)c1noc(CC2CNCCO2)n1. The zero-order valence-corrected chi connectivity index (χ0v) is 7.97. The van der Waals surface area contributed by atoms with Crippen LogP contribution in [0.2, 0.25) is 0 Å². The fourth-order valence-electron chi connectivity index (χ4n) is 1.37. The zero-order chi connectivity index (χ0) is 10.7. The number of carboxylic acids is 1. The van der Waals surface area contributed by atoms with Crippen LogP contribution < -0.4 is 5.32 Å². The van der Waals surface area contributed by atoms with Crippen LogP contribution in [0.4, 0.5) is 0 Å². The van der Waals surface area contributed by atoms with E-state index in [1.54, 1.807) is 0 Å². The molecule has 0 amide bonds. The highest BCUT2D eigenvalue weighted by molar-refractivity contribution is 5.82. The van der Waals surface area contributed by atoms with Crippen molar-refractivity contribution >= 4 is 5.97 Å². The third kappa shape index (κ3) is 2.51. The van der Waals surface area contributed by atoms with Crippen LogP contribution in [-0.4, -0.2) is 47.0 Å². The number of rotatable bonds is 3. The molecule has 82 valence electrons. The highest BCUT2D eigenvalue weighted by atomic mass is 16.5. The molecule has 1 saturated heterocycles. The molecule has 2 heterocycles. The predicted molar refractivity (Wildman–Crippen MR) is 47.6 cm³/mol. The van der Waals surface area contributed by atoms with Gasteiger partial charge < -0.3 is 19.7 Å². The average Bonchev–Trinajstić information content (AvgIpc) is 2.68. The van der Waals surface area contributed by atoms with E-state index in [4.69, 9.17) is 14.4 Å². The van der Waals surface area contributed by atoms with Gasteiger partial charge in [0.15, 0.2) is 0 Å². The summed E-state index contributed by atoms with van der Waals surface area (Å²) in [7, 11) is 0. The van der Waals surface area contributed by atoms with Crippen molar-refractivity contribution in [2.24, 2.45) is 0 Å². The molecule has 2 N–H and O–H groups in total. The summed E-state index contributed by atoms with van der Waals surface area (Å²) in [4.78, 5) is 14.2. The van der Waals surface area contributed by atoms with Gasteiger partial charge in [-0.05, 0) is 5.16 Å². The first-order chi connectivity index (χ1) is 7.25. The second-order valence-electron chi connectivity index (χ2n) is 3.22. The van der Waals surface area contributed by atoms with E-state index < -0.39 is 5.97 Å². The van der Waals surface area contributed by atoms with E-state index in [0.29, 0.717) is 25.5 Å². The molecule has 1 atom stereocenters. The molecule has 1 aliphatic heterocycles. The number of ether oxygens (including phenoxy) is 1. The van der Waals surface area contributed by atoms with Crippen molar-refractivity contribution in [3.05, 3.63) is 11.7 Å². The topological polar surface area (TPSA) is 97.5 Å². The maximum Gasteiger partial charge on any atom is 0.377 e. The molecule has 2 rings (SSSR count). The Labute approximate surface area is 85.4 Å². The summed E-state index contributed by atoms with van der Waals surface area (Å²) in [6.07, 6.45) is 0.411. The Morgan fingerprint density at radius 3 is 3.13 bits per heavy atom. The third-order valence-corrected chi connectivity index (χ3v) is 2.07. The lowest BCUT2D eigenvalue weighted by Crippen LogP contribution is -2.39. The molecule has 1 unspecified atom stereocenters. The number of morpholine rings is 1. The van der Waals surface area contributed by atoms with E-state index in [1.807, 2.05) is 0 Å². The van der Waals surface area contributed by atoms with Crippen LogP contribution in [0.5, 0.6) is 0 Å². The van der Waals surface area contributed by atoms with Gasteiger partial charge >= 0.3 is 5.97 Å². The highest BCUT2D eigenvalue weighted by Crippen LogP contribution is 2.05. The first-order valence-electron chi connectivity index (χ1n) is 4.64. The van der Waals surface area contributed by atoms with Gasteiger partial charge in [-0.3, -0.25) is 0 Å². The van der Waals surface area contributed by atoms with Gasteiger partial charge in [-0.1, -0.05) is 0 Å². The Morgan fingerprint density at radius 1 is 1.67 bits per heavy atom. The molecule has 0 saturated carbocycles. The second kappa shape index (κ2) is 4.37. The Morgan fingerprint density at radius 2 is 2.53 bits per heavy atom. The molecule has 0 radical (unpaired) electrons. The molecule has 7 heteroatoms. The van der Waals surface area contributed by atoms with E-state index in [2.05, 4.69) is 15.5 Å². The number of carbonyl (C=O) groups is 1. The number of aromatic nitrogens is 2. The predicted octanol–water partition coefficient (Wildman–Crippen LogP) is -0.701.